The Labute approximate surface area is 188 Å². The van der Waals surface area contributed by atoms with Gasteiger partial charge in [0.25, 0.3) is 0 Å². The van der Waals surface area contributed by atoms with Gasteiger partial charge in [0.15, 0.2) is 0 Å². The third-order valence-electron chi connectivity index (χ3n) is 5.81. The summed E-state index contributed by atoms with van der Waals surface area (Å²) in [5.41, 5.74) is 5.49. The molecule has 0 fully saturated rings. The van der Waals surface area contributed by atoms with Crippen LogP contribution in [0.5, 0.6) is 5.75 Å². The van der Waals surface area contributed by atoms with E-state index < -0.39 is 5.97 Å². The number of aromatic carboxylic acids is 1. The Bertz CT molecular complexity index is 1230. The van der Waals surface area contributed by atoms with E-state index in [1.165, 1.54) is 5.56 Å². The van der Waals surface area contributed by atoms with Crippen LogP contribution in [0.1, 0.15) is 32.7 Å². The smallest absolute Gasteiger partial charge is 0.352 e. The number of aromatic nitrogens is 1. The highest BCUT2D eigenvalue weighted by molar-refractivity contribution is 5.98. The highest BCUT2D eigenvalue weighted by Gasteiger charge is 2.22. The summed E-state index contributed by atoms with van der Waals surface area (Å²) in [6.07, 6.45) is 0.800. The molecule has 32 heavy (non-hydrogen) atoms. The van der Waals surface area contributed by atoms with Gasteiger partial charge in [-0.1, -0.05) is 66.2 Å². The lowest BCUT2D eigenvalue weighted by Crippen LogP contribution is -2.19. The van der Waals surface area contributed by atoms with E-state index in [0.29, 0.717) is 18.8 Å². The molecule has 0 spiro atoms. The van der Waals surface area contributed by atoms with E-state index >= 15 is 0 Å². The fourth-order valence-electron chi connectivity index (χ4n) is 4.18. The summed E-state index contributed by atoms with van der Waals surface area (Å²) in [6.45, 7) is 3.77. The molecule has 1 aromatic heterocycles. The summed E-state index contributed by atoms with van der Waals surface area (Å²) >= 11 is 0. The number of hydrogen-bond donors (Lipinski definition) is 2. The van der Waals surface area contributed by atoms with Gasteiger partial charge in [-0.05, 0) is 43.1 Å². The second-order valence-electron chi connectivity index (χ2n) is 7.96. The van der Waals surface area contributed by atoms with E-state index in [1.807, 2.05) is 54.0 Å². The number of carbonyl (C=O) groups is 1. The van der Waals surface area contributed by atoms with Gasteiger partial charge in [0.1, 0.15) is 11.4 Å². The van der Waals surface area contributed by atoms with Crippen LogP contribution in [0, 0.1) is 6.92 Å². The van der Waals surface area contributed by atoms with Gasteiger partial charge in [0.05, 0.1) is 7.11 Å². The molecule has 4 aromatic rings. The number of aryl methyl sites for hydroxylation is 1. The minimum Gasteiger partial charge on any atom is -0.496 e. The normalized spacial score (nSPS) is 11.1. The first kappa shape index (κ1) is 21.7. The van der Waals surface area contributed by atoms with Gasteiger partial charge in [-0.25, -0.2) is 4.79 Å². The van der Waals surface area contributed by atoms with Crippen LogP contribution in [-0.4, -0.2) is 29.3 Å². The maximum absolute atomic E-state index is 12.3. The van der Waals surface area contributed by atoms with Crippen LogP contribution in [0.25, 0.3) is 10.9 Å². The first-order chi connectivity index (χ1) is 15.6. The molecule has 0 radical (unpaired) electrons. The molecule has 4 rings (SSSR count). The van der Waals surface area contributed by atoms with Crippen LogP contribution >= 0.6 is 0 Å². The summed E-state index contributed by atoms with van der Waals surface area (Å²) in [4.78, 5) is 12.3. The van der Waals surface area contributed by atoms with Crippen LogP contribution < -0.4 is 10.1 Å². The van der Waals surface area contributed by atoms with E-state index in [0.717, 1.165) is 46.3 Å². The third kappa shape index (κ3) is 4.53. The Hall–Kier alpha value is -3.57. The highest BCUT2D eigenvalue weighted by atomic mass is 16.5. The molecular formula is C27H28N2O3. The zero-order chi connectivity index (χ0) is 22.5. The topological polar surface area (TPSA) is 63.5 Å². The highest BCUT2D eigenvalue weighted by Crippen LogP contribution is 2.28. The Morgan fingerprint density at radius 2 is 1.72 bits per heavy atom. The number of nitrogens with zero attached hydrogens (tertiary/aromatic N) is 1. The first-order valence-electron chi connectivity index (χ1n) is 10.8. The molecule has 5 nitrogen and oxygen atoms in total. The summed E-state index contributed by atoms with van der Waals surface area (Å²) < 4.78 is 7.34. The number of hydrogen-bond acceptors (Lipinski definition) is 3. The maximum Gasteiger partial charge on any atom is 0.352 e. The molecule has 0 aliphatic heterocycles. The minimum atomic E-state index is -0.908. The largest absolute Gasteiger partial charge is 0.496 e. The van der Waals surface area contributed by atoms with Crippen molar-refractivity contribution in [3.8, 4) is 5.75 Å². The van der Waals surface area contributed by atoms with E-state index in [4.69, 9.17) is 4.74 Å². The molecule has 0 aliphatic carbocycles. The summed E-state index contributed by atoms with van der Waals surface area (Å²) in [5, 5.41) is 14.5. The van der Waals surface area contributed by atoms with Crippen molar-refractivity contribution < 1.29 is 14.6 Å². The van der Waals surface area contributed by atoms with Crippen molar-refractivity contribution in [2.24, 2.45) is 0 Å². The molecule has 0 saturated heterocycles. The predicted octanol–water partition coefficient (Wildman–Crippen LogP) is 5.04. The van der Waals surface area contributed by atoms with E-state index in [9.17, 15) is 9.90 Å². The Morgan fingerprint density at radius 3 is 2.47 bits per heavy atom. The van der Waals surface area contributed by atoms with Crippen LogP contribution in [-0.2, 0) is 19.5 Å². The molecule has 0 aliphatic rings. The number of benzene rings is 3. The van der Waals surface area contributed by atoms with Crippen molar-refractivity contribution in [3.63, 3.8) is 0 Å². The fourth-order valence-corrected chi connectivity index (χ4v) is 4.18. The average molecular weight is 429 g/mol. The lowest BCUT2D eigenvalue weighted by molar-refractivity contribution is 0.0684. The number of ether oxygens (including phenoxy) is 1. The van der Waals surface area contributed by atoms with Gasteiger partial charge in [0, 0.05) is 29.6 Å². The Morgan fingerprint density at radius 1 is 1.00 bits per heavy atom. The van der Waals surface area contributed by atoms with Crippen molar-refractivity contribution in [1.82, 2.24) is 9.88 Å². The monoisotopic (exact) mass is 428 g/mol. The van der Waals surface area contributed by atoms with Gasteiger partial charge >= 0.3 is 5.97 Å². The van der Waals surface area contributed by atoms with Crippen molar-refractivity contribution in [2.45, 2.75) is 26.4 Å². The zero-order valence-corrected chi connectivity index (χ0v) is 18.5. The third-order valence-corrected chi connectivity index (χ3v) is 5.81. The number of carboxylic acids is 1. The van der Waals surface area contributed by atoms with Gasteiger partial charge < -0.3 is 19.7 Å². The van der Waals surface area contributed by atoms with E-state index in [1.54, 1.807) is 7.11 Å². The predicted molar refractivity (Wildman–Crippen MR) is 128 cm³/mol. The molecular weight excluding hydrogens is 400 g/mol. The zero-order valence-electron chi connectivity index (χ0n) is 18.5. The molecule has 3 aromatic carbocycles. The number of methoxy groups -OCH3 is 1. The van der Waals surface area contributed by atoms with Gasteiger partial charge in [-0.3, -0.25) is 0 Å². The minimum absolute atomic E-state index is 0.344. The quantitative estimate of drug-likeness (QED) is 0.367. The van der Waals surface area contributed by atoms with Gasteiger partial charge in [-0.15, -0.1) is 0 Å². The lowest BCUT2D eigenvalue weighted by atomic mass is 10.1. The molecule has 2 N–H and O–H groups in total. The average Bonchev–Trinajstić information content (AvgIpc) is 3.12. The fraction of sp³-hybridized carbons (Fsp3) is 0.222. The lowest BCUT2D eigenvalue weighted by Gasteiger charge is -2.11. The van der Waals surface area contributed by atoms with E-state index in [2.05, 4.69) is 35.6 Å². The summed E-state index contributed by atoms with van der Waals surface area (Å²) in [5.74, 6) is -0.0370. The van der Waals surface area contributed by atoms with Gasteiger partial charge in [-0.2, -0.15) is 0 Å². The molecule has 0 amide bonds. The summed E-state index contributed by atoms with van der Waals surface area (Å²) in [6, 6.07) is 24.1. The number of nitrogens with one attached hydrogen (secondary N) is 1. The van der Waals surface area contributed by atoms with Crippen molar-refractivity contribution in [2.75, 3.05) is 13.7 Å². The van der Waals surface area contributed by atoms with Crippen molar-refractivity contribution in [1.29, 1.82) is 0 Å². The molecule has 0 unspecified atom stereocenters. The molecule has 164 valence electrons. The molecule has 1 heterocycles. The number of rotatable bonds is 9. The number of para-hydroxylation sites is 2. The second kappa shape index (κ2) is 9.71. The number of fused-ring (bicyclic) bond motifs is 1. The van der Waals surface area contributed by atoms with Crippen LogP contribution in [0.2, 0.25) is 0 Å². The second-order valence-corrected chi connectivity index (χ2v) is 7.96. The summed E-state index contributed by atoms with van der Waals surface area (Å²) in [7, 11) is 1.67. The van der Waals surface area contributed by atoms with Gasteiger partial charge in [0.2, 0.25) is 0 Å². The standard InChI is InChI=1S/C27H28N2O3/c1-19-11-13-20(14-12-19)18-29-24-9-5-4-8-22(24)23(26(29)27(30)31)17-28-16-15-21-7-3-6-10-25(21)32-2/h3-14,28H,15-18H2,1-2H3,(H,30,31). The van der Waals surface area contributed by atoms with Crippen molar-refractivity contribution >= 4 is 16.9 Å². The van der Waals surface area contributed by atoms with E-state index in [-0.39, 0.29) is 0 Å². The van der Waals surface area contributed by atoms with Crippen LogP contribution in [0.15, 0.2) is 72.8 Å². The molecule has 0 saturated carbocycles. The number of carboxylic acid groups (broad SMARTS) is 1. The molecule has 0 bridgehead atoms. The molecule has 0 atom stereocenters. The SMILES string of the molecule is COc1ccccc1CCNCc1c(C(=O)O)n(Cc2ccc(C)cc2)c2ccccc12. The maximum atomic E-state index is 12.3. The molecule has 5 heteroatoms. The van der Waals surface area contributed by atoms with Crippen LogP contribution in [0.3, 0.4) is 0 Å². The Balaban J connectivity index is 1.60. The first-order valence-corrected chi connectivity index (χ1v) is 10.8. The Kier molecular flexibility index (Phi) is 6.57. The van der Waals surface area contributed by atoms with Crippen LogP contribution in [0.4, 0.5) is 0 Å². The van der Waals surface area contributed by atoms with Crippen molar-refractivity contribution in [3.05, 3.63) is 101 Å².